The summed E-state index contributed by atoms with van der Waals surface area (Å²) in [6.07, 6.45) is -0.162. The van der Waals surface area contributed by atoms with E-state index in [1.165, 1.54) is 11.0 Å². The Morgan fingerprint density at radius 3 is 2.43 bits per heavy atom. The molecule has 1 aliphatic heterocycles. The maximum absolute atomic E-state index is 13.6. The van der Waals surface area contributed by atoms with Crippen LogP contribution in [-0.2, 0) is 11.3 Å². The average molecular weight is 338 g/mol. The van der Waals surface area contributed by atoms with Crippen molar-refractivity contribution in [1.29, 1.82) is 0 Å². The van der Waals surface area contributed by atoms with Crippen molar-refractivity contribution in [3.8, 4) is 0 Å². The lowest BCUT2D eigenvalue weighted by atomic mass is 10.1. The molecule has 0 aromatic heterocycles. The summed E-state index contributed by atoms with van der Waals surface area (Å²) in [5.41, 5.74) is 0.344. The summed E-state index contributed by atoms with van der Waals surface area (Å²) in [6, 6.07) is 10.7. The second kappa shape index (κ2) is 6.64. The third kappa shape index (κ3) is 3.35. The fraction of sp³-hybridized carbons (Fsp3) is 0.235. The molecule has 1 saturated heterocycles. The quantitative estimate of drug-likeness (QED) is 0.852. The number of nitrogens with zero attached hydrogens (tertiary/aromatic N) is 1. The van der Waals surface area contributed by atoms with Crippen LogP contribution in [-0.4, -0.2) is 30.0 Å². The van der Waals surface area contributed by atoms with E-state index in [2.05, 4.69) is 0 Å². The first kappa shape index (κ1) is 15.9. The number of amides is 1. The highest BCUT2D eigenvalue weighted by Crippen LogP contribution is 2.22. The van der Waals surface area contributed by atoms with E-state index in [4.69, 9.17) is 16.3 Å². The fourth-order valence-corrected chi connectivity index (χ4v) is 2.58. The maximum atomic E-state index is 13.6. The summed E-state index contributed by atoms with van der Waals surface area (Å²) in [5, 5.41) is 0.619. The predicted octanol–water partition coefficient (Wildman–Crippen LogP) is 3.66. The zero-order chi connectivity index (χ0) is 16.4. The molecule has 2 aromatic carbocycles. The lowest BCUT2D eigenvalue weighted by molar-refractivity contribution is -0.0505. The van der Waals surface area contributed by atoms with Gasteiger partial charge in [-0.3, -0.25) is 4.79 Å². The van der Waals surface area contributed by atoms with Crippen LogP contribution in [0, 0.1) is 11.6 Å². The molecule has 6 heteroatoms. The van der Waals surface area contributed by atoms with Gasteiger partial charge in [0.15, 0.2) is 0 Å². The van der Waals surface area contributed by atoms with Crippen molar-refractivity contribution in [3.05, 3.63) is 70.2 Å². The van der Waals surface area contributed by atoms with Gasteiger partial charge >= 0.3 is 0 Å². The van der Waals surface area contributed by atoms with Crippen LogP contribution in [0.5, 0.6) is 0 Å². The predicted molar refractivity (Wildman–Crippen MR) is 82.3 cm³/mol. The van der Waals surface area contributed by atoms with Crippen molar-refractivity contribution >= 4 is 17.5 Å². The molecule has 1 amide bonds. The standard InChI is InChI=1S/C17H14ClF2NO2/c18-13-5-2-1-4-11(13)10-23-12-8-21(9-12)17(22)16-14(19)6-3-7-15(16)20/h1-7,12H,8-10H2. The van der Waals surface area contributed by atoms with Crippen molar-refractivity contribution in [2.24, 2.45) is 0 Å². The number of ether oxygens (including phenoxy) is 1. The highest BCUT2D eigenvalue weighted by atomic mass is 35.5. The van der Waals surface area contributed by atoms with Crippen LogP contribution in [0.4, 0.5) is 8.78 Å². The van der Waals surface area contributed by atoms with Gasteiger partial charge in [-0.25, -0.2) is 8.78 Å². The zero-order valence-electron chi connectivity index (χ0n) is 12.1. The Balaban J connectivity index is 1.55. The Morgan fingerprint density at radius 2 is 1.78 bits per heavy atom. The van der Waals surface area contributed by atoms with Crippen molar-refractivity contribution in [3.63, 3.8) is 0 Å². The molecule has 23 heavy (non-hydrogen) atoms. The molecule has 0 aliphatic carbocycles. The van der Waals surface area contributed by atoms with Crippen molar-refractivity contribution < 1.29 is 18.3 Å². The number of hydrogen-bond acceptors (Lipinski definition) is 2. The molecule has 0 N–H and O–H groups in total. The van der Waals surface area contributed by atoms with Gasteiger partial charge in [-0.05, 0) is 23.8 Å². The van der Waals surface area contributed by atoms with E-state index in [-0.39, 0.29) is 6.10 Å². The second-order valence-corrected chi connectivity index (χ2v) is 5.74. The van der Waals surface area contributed by atoms with Gasteiger partial charge in [0.1, 0.15) is 17.2 Å². The lowest BCUT2D eigenvalue weighted by Crippen LogP contribution is -2.55. The van der Waals surface area contributed by atoms with E-state index in [9.17, 15) is 13.6 Å². The normalized spacial score (nSPS) is 14.7. The molecule has 120 valence electrons. The van der Waals surface area contributed by atoms with Gasteiger partial charge in [-0.15, -0.1) is 0 Å². The minimum Gasteiger partial charge on any atom is -0.370 e. The molecule has 1 fully saturated rings. The SMILES string of the molecule is O=C(c1c(F)cccc1F)N1CC(OCc2ccccc2Cl)C1. The maximum Gasteiger partial charge on any atom is 0.260 e. The van der Waals surface area contributed by atoms with Crippen molar-refractivity contribution in [1.82, 2.24) is 4.90 Å². The Bertz CT molecular complexity index is 712. The summed E-state index contributed by atoms with van der Waals surface area (Å²) in [5.74, 6) is -2.36. The summed E-state index contributed by atoms with van der Waals surface area (Å²) in [6.45, 7) is 0.939. The van der Waals surface area contributed by atoms with E-state index in [0.717, 1.165) is 17.7 Å². The highest BCUT2D eigenvalue weighted by Gasteiger charge is 2.34. The van der Waals surface area contributed by atoms with Gasteiger partial charge in [-0.1, -0.05) is 35.9 Å². The van der Waals surface area contributed by atoms with Crippen LogP contribution in [0.2, 0.25) is 5.02 Å². The monoisotopic (exact) mass is 337 g/mol. The molecule has 0 saturated carbocycles. The van der Waals surface area contributed by atoms with E-state index >= 15 is 0 Å². The number of carbonyl (C=O) groups excluding carboxylic acids is 1. The number of rotatable bonds is 4. The van der Waals surface area contributed by atoms with Crippen LogP contribution < -0.4 is 0 Å². The number of halogens is 3. The molecule has 0 atom stereocenters. The zero-order valence-corrected chi connectivity index (χ0v) is 12.9. The molecule has 0 radical (unpaired) electrons. The molecule has 1 aliphatic rings. The van der Waals surface area contributed by atoms with E-state index in [0.29, 0.717) is 24.7 Å². The second-order valence-electron chi connectivity index (χ2n) is 5.33. The van der Waals surface area contributed by atoms with E-state index < -0.39 is 23.1 Å². The molecule has 0 spiro atoms. The Morgan fingerprint density at radius 1 is 1.13 bits per heavy atom. The smallest absolute Gasteiger partial charge is 0.260 e. The van der Waals surface area contributed by atoms with Gasteiger partial charge in [0.2, 0.25) is 0 Å². The molecule has 0 bridgehead atoms. The van der Waals surface area contributed by atoms with E-state index in [1.54, 1.807) is 6.07 Å². The number of carbonyl (C=O) groups is 1. The summed E-state index contributed by atoms with van der Waals surface area (Å²) < 4.78 is 32.9. The van der Waals surface area contributed by atoms with Crippen molar-refractivity contribution in [2.45, 2.75) is 12.7 Å². The van der Waals surface area contributed by atoms with Crippen LogP contribution in [0.15, 0.2) is 42.5 Å². The van der Waals surface area contributed by atoms with Crippen LogP contribution in [0.3, 0.4) is 0 Å². The molecule has 3 nitrogen and oxygen atoms in total. The molecular formula is C17H14ClF2NO2. The summed E-state index contributed by atoms with van der Waals surface area (Å²) >= 11 is 6.04. The van der Waals surface area contributed by atoms with Crippen LogP contribution >= 0.6 is 11.6 Å². The third-order valence-corrected chi connectivity index (χ3v) is 4.11. The lowest BCUT2D eigenvalue weighted by Gasteiger charge is -2.39. The molecule has 1 heterocycles. The van der Waals surface area contributed by atoms with Gasteiger partial charge in [0, 0.05) is 18.1 Å². The number of likely N-dealkylation sites (tertiary alicyclic amines) is 1. The first-order chi connectivity index (χ1) is 11.1. The van der Waals surface area contributed by atoms with E-state index in [1.807, 2.05) is 18.2 Å². The highest BCUT2D eigenvalue weighted by molar-refractivity contribution is 6.31. The van der Waals surface area contributed by atoms with Gasteiger partial charge in [0.25, 0.3) is 5.91 Å². The van der Waals surface area contributed by atoms with Crippen LogP contribution in [0.1, 0.15) is 15.9 Å². The number of hydrogen-bond donors (Lipinski definition) is 0. The molecule has 0 unspecified atom stereocenters. The molecule has 2 aromatic rings. The summed E-state index contributed by atoms with van der Waals surface area (Å²) in [7, 11) is 0. The van der Waals surface area contributed by atoms with Crippen molar-refractivity contribution in [2.75, 3.05) is 13.1 Å². The van der Waals surface area contributed by atoms with Gasteiger partial charge in [0.05, 0.1) is 12.7 Å². The largest absolute Gasteiger partial charge is 0.370 e. The average Bonchev–Trinajstić information content (AvgIpc) is 2.47. The summed E-state index contributed by atoms with van der Waals surface area (Å²) in [4.78, 5) is 13.5. The first-order valence-corrected chi connectivity index (χ1v) is 7.52. The third-order valence-electron chi connectivity index (χ3n) is 3.74. The topological polar surface area (TPSA) is 29.5 Å². The Kier molecular flexibility index (Phi) is 4.59. The van der Waals surface area contributed by atoms with Gasteiger partial charge in [-0.2, -0.15) is 0 Å². The first-order valence-electron chi connectivity index (χ1n) is 7.14. The van der Waals surface area contributed by atoms with Crippen LogP contribution in [0.25, 0.3) is 0 Å². The molecule has 3 rings (SSSR count). The minimum atomic E-state index is -0.851. The van der Waals surface area contributed by atoms with Gasteiger partial charge < -0.3 is 9.64 Å². The Hall–Kier alpha value is -1.98. The minimum absolute atomic E-state index is 0.162. The fourth-order valence-electron chi connectivity index (χ4n) is 2.39. The Labute approximate surface area is 137 Å². The number of benzene rings is 2. The molecular weight excluding hydrogens is 324 g/mol.